The van der Waals surface area contributed by atoms with Crippen molar-refractivity contribution in [3.8, 4) is 5.75 Å². The van der Waals surface area contributed by atoms with Gasteiger partial charge in [-0.15, -0.1) is 0 Å². The molecular formula is C48H58O5. The Morgan fingerprint density at radius 3 is 2.28 bits per heavy atom. The van der Waals surface area contributed by atoms with E-state index < -0.39 is 23.2 Å². The normalized spacial score (nSPS) is 30.1. The van der Waals surface area contributed by atoms with Gasteiger partial charge in [-0.3, -0.25) is 4.79 Å². The average Bonchev–Trinajstić information content (AvgIpc) is 3.64. The summed E-state index contributed by atoms with van der Waals surface area (Å²) in [7, 11) is 0. The highest BCUT2D eigenvalue weighted by Gasteiger charge is 2.51. The van der Waals surface area contributed by atoms with Crippen LogP contribution in [0, 0.1) is 35.5 Å². The molecule has 0 saturated heterocycles. The number of fused-ring (bicyclic) bond motifs is 5. The third kappa shape index (κ3) is 8.42. The van der Waals surface area contributed by atoms with Crippen molar-refractivity contribution in [2.24, 2.45) is 35.5 Å². The van der Waals surface area contributed by atoms with Gasteiger partial charge in [-0.25, -0.2) is 0 Å². The number of allylic oxidation sites excluding steroid dienone is 2. The van der Waals surface area contributed by atoms with Crippen molar-refractivity contribution >= 4 is 18.1 Å². The molecule has 280 valence electrons. The van der Waals surface area contributed by atoms with E-state index in [0.29, 0.717) is 17.8 Å². The molecule has 0 amide bonds. The van der Waals surface area contributed by atoms with E-state index in [1.54, 1.807) is 12.1 Å². The fourth-order valence-corrected chi connectivity index (χ4v) is 10.7. The quantitative estimate of drug-likeness (QED) is 0.119. The van der Waals surface area contributed by atoms with Crippen molar-refractivity contribution in [3.05, 3.63) is 124 Å². The van der Waals surface area contributed by atoms with E-state index in [9.17, 15) is 25.2 Å². The molecule has 0 aromatic heterocycles. The maximum atomic E-state index is 13.5. The van der Waals surface area contributed by atoms with Gasteiger partial charge >= 0.3 is 5.97 Å². The van der Waals surface area contributed by atoms with Gasteiger partial charge in [0.25, 0.3) is 0 Å². The number of phenols is 1. The summed E-state index contributed by atoms with van der Waals surface area (Å²) in [5.74, 6) is -0.0540. The molecule has 53 heavy (non-hydrogen) atoms. The van der Waals surface area contributed by atoms with E-state index >= 15 is 0 Å². The second kappa shape index (κ2) is 17.0. The van der Waals surface area contributed by atoms with Gasteiger partial charge < -0.3 is 20.4 Å². The molecule has 5 heteroatoms. The first-order chi connectivity index (χ1) is 25.9. The summed E-state index contributed by atoms with van der Waals surface area (Å²) in [5, 5.41) is 44.2. The topological polar surface area (TPSA) is 98.0 Å². The van der Waals surface area contributed by atoms with Crippen LogP contribution in [0.2, 0.25) is 0 Å². The van der Waals surface area contributed by atoms with E-state index in [1.807, 2.05) is 6.08 Å². The highest BCUT2D eigenvalue weighted by atomic mass is 16.4. The summed E-state index contributed by atoms with van der Waals surface area (Å²) >= 11 is 0. The Balaban J connectivity index is 1.19. The average molecular weight is 715 g/mol. The molecule has 0 radical (unpaired) electrons. The predicted molar refractivity (Wildman–Crippen MR) is 213 cm³/mol. The van der Waals surface area contributed by atoms with E-state index in [-0.39, 0.29) is 30.8 Å². The van der Waals surface area contributed by atoms with Crippen molar-refractivity contribution in [1.82, 2.24) is 0 Å². The molecule has 5 nitrogen and oxygen atoms in total. The lowest BCUT2D eigenvalue weighted by Crippen LogP contribution is -2.50. The second-order valence-corrected chi connectivity index (χ2v) is 16.7. The smallest absolute Gasteiger partial charge is 0.308 e. The van der Waals surface area contributed by atoms with Crippen LogP contribution >= 0.6 is 0 Å². The molecule has 2 bridgehead atoms. The number of carbonyl (C=O) groups is 1. The van der Waals surface area contributed by atoms with Crippen LogP contribution in [0.3, 0.4) is 0 Å². The maximum Gasteiger partial charge on any atom is 0.308 e. The van der Waals surface area contributed by atoms with Crippen LogP contribution in [-0.4, -0.2) is 39.6 Å². The van der Waals surface area contributed by atoms with Gasteiger partial charge in [0.15, 0.2) is 0 Å². The molecule has 3 aromatic rings. The number of unbranched alkanes of at least 4 members (excludes halogenated alkanes) is 3. The molecular weight excluding hydrogens is 657 g/mol. The van der Waals surface area contributed by atoms with Gasteiger partial charge in [0, 0.05) is 11.3 Å². The van der Waals surface area contributed by atoms with Gasteiger partial charge in [0.1, 0.15) is 5.75 Å². The van der Waals surface area contributed by atoms with Gasteiger partial charge in [-0.1, -0.05) is 117 Å². The number of benzene rings is 3. The molecule has 0 unspecified atom stereocenters. The minimum atomic E-state index is -0.825. The summed E-state index contributed by atoms with van der Waals surface area (Å²) in [6.45, 7) is -0.00659. The summed E-state index contributed by atoms with van der Waals surface area (Å²) in [5.41, 5.74) is 4.10. The standard InChI is InChI=1S/C48H58O5/c49-31-35-18-17-33(25-35)9-3-1-2-4-11-36-14-8-15-41(32-50)46(47(52)53)48(24-23-40-28-38-12-5-6-13-39(38)29-42(40)30-48)43-16-7-10-34(26-43)27-45(36)37-19-21-44(51)22-20-37/h5-8,10,12-13,15-16,19-22,25-26,28-29,33,36,40-42,45-46,49-51H,1-4,9,11,14,17-18,23-24,27,30-32H2,(H,52,53)/b15-8-/t33-,36+,40+,41-,42+,45-,46+,48+/m0/s1. The zero-order valence-corrected chi connectivity index (χ0v) is 31.2. The summed E-state index contributed by atoms with van der Waals surface area (Å²) in [6.07, 6.45) is 24.5. The van der Waals surface area contributed by atoms with Crippen LogP contribution in [0.15, 0.2) is 96.6 Å². The number of aliphatic hydroxyl groups is 2. The molecule has 8 atom stereocenters. The number of rotatable bonds is 11. The van der Waals surface area contributed by atoms with E-state index in [1.165, 1.54) is 59.2 Å². The first-order valence-corrected chi connectivity index (χ1v) is 20.3. The Morgan fingerprint density at radius 1 is 0.811 bits per heavy atom. The van der Waals surface area contributed by atoms with Crippen LogP contribution in [0.5, 0.6) is 5.75 Å². The van der Waals surface area contributed by atoms with Gasteiger partial charge in [0.05, 0.1) is 19.1 Å². The summed E-state index contributed by atoms with van der Waals surface area (Å²) in [4.78, 5) is 13.5. The van der Waals surface area contributed by atoms with E-state index in [2.05, 4.69) is 85.0 Å². The third-order valence-corrected chi connectivity index (χ3v) is 13.4. The predicted octanol–water partition coefficient (Wildman–Crippen LogP) is 8.20. The molecule has 1 spiro atoms. The van der Waals surface area contributed by atoms with Crippen molar-refractivity contribution < 1.29 is 25.2 Å². The Bertz CT molecular complexity index is 1890. The molecule has 4 aliphatic rings. The second-order valence-electron chi connectivity index (χ2n) is 16.7. The highest BCUT2D eigenvalue weighted by molar-refractivity contribution is 5.74. The monoisotopic (exact) mass is 714 g/mol. The Labute approximate surface area is 315 Å². The van der Waals surface area contributed by atoms with Gasteiger partial charge in [-0.05, 0) is 132 Å². The van der Waals surface area contributed by atoms with E-state index in [0.717, 1.165) is 56.9 Å². The molecule has 1 fully saturated rings. The lowest BCUT2D eigenvalue weighted by atomic mass is 9.54. The van der Waals surface area contributed by atoms with Crippen LogP contribution in [0.1, 0.15) is 99.7 Å². The fraction of sp³-hybridized carbons (Fsp3) is 0.479. The Kier molecular flexibility index (Phi) is 12.0. The zero-order chi connectivity index (χ0) is 36.8. The number of aliphatic hydroxyl groups excluding tert-OH is 2. The molecule has 4 N–H and O–H groups in total. The molecule has 1 saturated carbocycles. The SMILES string of the molecule is O=C(O)[C@H]1[C@H](CO)/C=C\C[C@@H](CCCCCC[C@@H]2C=C(CO)CC2)[C@@H](c2ccc(O)cc2)Cc2cccc(c2)[C@]12CC[C@@H]1C=c3ccccc3=C[C@@H]1C2. The number of carboxylic acids is 1. The van der Waals surface area contributed by atoms with E-state index in [4.69, 9.17) is 0 Å². The summed E-state index contributed by atoms with van der Waals surface area (Å²) < 4.78 is 0. The van der Waals surface area contributed by atoms with Crippen LogP contribution < -0.4 is 10.4 Å². The number of hydrogen-bond donors (Lipinski definition) is 4. The molecule has 7 rings (SSSR count). The highest BCUT2D eigenvalue weighted by Crippen LogP contribution is 2.53. The Hall–Kier alpha value is -3.93. The van der Waals surface area contributed by atoms with Crippen LogP contribution in [0.25, 0.3) is 12.2 Å². The number of hydrogen-bond acceptors (Lipinski definition) is 4. The van der Waals surface area contributed by atoms with Crippen molar-refractivity contribution in [2.75, 3.05) is 13.2 Å². The van der Waals surface area contributed by atoms with Gasteiger partial charge in [-0.2, -0.15) is 0 Å². The molecule has 4 aliphatic carbocycles. The first-order valence-electron chi connectivity index (χ1n) is 20.3. The first kappa shape index (κ1) is 37.4. The number of phenolic OH excluding ortho intramolecular Hbond substituents is 1. The molecule has 0 heterocycles. The number of aromatic hydroxyl groups is 1. The lowest BCUT2D eigenvalue weighted by molar-refractivity contribution is -0.148. The van der Waals surface area contributed by atoms with Crippen molar-refractivity contribution in [2.45, 2.75) is 94.8 Å². The Morgan fingerprint density at radius 2 is 1.57 bits per heavy atom. The van der Waals surface area contributed by atoms with Crippen molar-refractivity contribution in [3.63, 3.8) is 0 Å². The molecule has 0 aliphatic heterocycles. The van der Waals surface area contributed by atoms with Crippen LogP contribution in [-0.2, 0) is 16.6 Å². The molecule has 3 aromatic carbocycles. The van der Waals surface area contributed by atoms with Crippen LogP contribution in [0.4, 0.5) is 0 Å². The minimum Gasteiger partial charge on any atom is -0.508 e. The van der Waals surface area contributed by atoms with Gasteiger partial charge in [0.2, 0.25) is 0 Å². The minimum absolute atomic E-state index is 0.198. The fourth-order valence-electron chi connectivity index (χ4n) is 10.7. The van der Waals surface area contributed by atoms with Crippen molar-refractivity contribution in [1.29, 1.82) is 0 Å². The zero-order valence-electron chi connectivity index (χ0n) is 31.2. The third-order valence-electron chi connectivity index (χ3n) is 13.4. The lowest BCUT2D eigenvalue weighted by Gasteiger charge is -2.49. The summed E-state index contributed by atoms with van der Waals surface area (Å²) in [6, 6.07) is 25.1. The number of aliphatic carboxylic acids is 1. The largest absolute Gasteiger partial charge is 0.508 e. The maximum absolute atomic E-state index is 13.5. The number of carboxylic acid groups (broad SMARTS) is 1.